The van der Waals surface area contributed by atoms with Gasteiger partial charge < -0.3 is 0 Å². The lowest BCUT2D eigenvalue weighted by Gasteiger charge is -2.01. The predicted molar refractivity (Wildman–Crippen MR) is 55.6 cm³/mol. The van der Waals surface area contributed by atoms with Crippen molar-refractivity contribution < 1.29 is 0 Å². The topological polar surface area (TPSA) is 12.9 Å². The Hall–Kier alpha value is -1.63. The normalized spacial score (nSPS) is 10.2. The second-order valence-electron chi connectivity index (χ2n) is 2.97. The maximum Gasteiger partial charge on any atom is 0.0519 e. The lowest BCUT2D eigenvalue weighted by molar-refractivity contribution is 1.14. The fourth-order valence-electron chi connectivity index (χ4n) is 1.48. The van der Waals surface area contributed by atoms with Crippen LogP contribution in [0.1, 0.15) is 5.69 Å². The molecule has 0 aliphatic heterocycles. The molecule has 0 radical (unpaired) electrons. The van der Waals surface area contributed by atoms with E-state index in [1.165, 1.54) is 10.8 Å². The van der Waals surface area contributed by atoms with Gasteiger partial charge in [-0.1, -0.05) is 30.3 Å². The van der Waals surface area contributed by atoms with Gasteiger partial charge in [-0.2, -0.15) is 0 Å². The second-order valence-corrected chi connectivity index (χ2v) is 2.97. The fraction of sp³-hybridized carbons (Fsp3) is 0.0833. The van der Waals surface area contributed by atoms with E-state index in [1.807, 2.05) is 30.5 Å². The molecule has 0 bridgehead atoms. The summed E-state index contributed by atoms with van der Waals surface area (Å²) in [5, 5.41) is 2.47. The third kappa shape index (κ3) is 1.45. The van der Waals surface area contributed by atoms with E-state index in [0.29, 0.717) is 0 Å². The highest BCUT2D eigenvalue weighted by Gasteiger charge is 1.98. The Bertz CT molecular complexity index is 427. The van der Waals surface area contributed by atoms with E-state index in [-0.39, 0.29) is 0 Å². The van der Waals surface area contributed by atoms with Crippen LogP contribution in [-0.2, 0) is 6.42 Å². The minimum absolute atomic E-state index is 0.835. The van der Waals surface area contributed by atoms with E-state index in [4.69, 9.17) is 0 Å². The maximum atomic E-state index is 4.33. The molecule has 64 valence electrons. The van der Waals surface area contributed by atoms with Gasteiger partial charge in [0.2, 0.25) is 0 Å². The SMILES string of the molecule is C=CCc1nccc2ccccc12. The summed E-state index contributed by atoms with van der Waals surface area (Å²) in [5.74, 6) is 0. The molecule has 2 aromatic rings. The predicted octanol–water partition coefficient (Wildman–Crippen LogP) is 2.96. The molecule has 0 fully saturated rings. The first-order chi connectivity index (χ1) is 6.42. The van der Waals surface area contributed by atoms with Crippen LogP contribution in [0.2, 0.25) is 0 Å². The van der Waals surface area contributed by atoms with Crippen LogP contribution in [0, 0.1) is 0 Å². The van der Waals surface area contributed by atoms with Crippen molar-refractivity contribution in [3.05, 3.63) is 54.9 Å². The van der Waals surface area contributed by atoms with Gasteiger partial charge in [0.05, 0.1) is 5.69 Å². The highest BCUT2D eigenvalue weighted by atomic mass is 14.7. The molecule has 0 N–H and O–H groups in total. The van der Waals surface area contributed by atoms with Crippen LogP contribution in [-0.4, -0.2) is 4.98 Å². The van der Waals surface area contributed by atoms with E-state index in [0.717, 1.165) is 12.1 Å². The van der Waals surface area contributed by atoms with E-state index < -0.39 is 0 Å². The molecule has 1 heteroatoms. The number of rotatable bonds is 2. The summed E-state index contributed by atoms with van der Waals surface area (Å²) < 4.78 is 0. The third-order valence-corrected chi connectivity index (χ3v) is 2.09. The molecule has 0 atom stereocenters. The first-order valence-electron chi connectivity index (χ1n) is 4.35. The average molecular weight is 169 g/mol. The standard InChI is InChI=1S/C12H11N/c1-2-5-12-11-7-4-3-6-10(11)8-9-13-12/h2-4,6-9H,1,5H2. The Kier molecular flexibility index (Phi) is 2.09. The van der Waals surface area contributed by atoms with E-state index in [9.17, 15) is 0 Å². The summed E-state index contributed by atoms with van der Waals surface area (Å²) in [4.78, 5) is 4.33. The summed E-state index contributed by atoms with van der Waals surface area (Å²) in [7, 11) is 0. The van der Waals surface area contributed by atoms with Crippen LogP contribution in [0.15, 0.2) is 49.2 Å². The van der Waals surface area contributed by atoms with Crippen LogP contribution in [0.3, 0.4) is 0 Å². The molecule has 0 unspecified atom stereocenters. The molecule has 1 aromatic heterocycles. The Morgan fingerprint density at radius 1 is 1.23 bits per heavy atom. The van der Waals surface area contributed by atoms with Crippen molar-refractivity contribution in [2.75, 3.05) is 0 Å². The Morgan fingerprint density at radius 2 is 2.08 bits per heavy atom. The van der Waals surface area contributed by atoms with E-state index in [1.54, 1.807) is 0 Å². The number of benzene rings is 1. The van der Waals surface area contributed by atoms with Crippen molar-refractivity contribution >= 4 is 10.8 Å². The number of pyridine rings is 1. The summed E-state index contributed by atoms with van der Waals surface area (Å²) >= 11 is 0. The summed E-state index contributed by atoms with van der Waals surface area (Å²) in [5.41, 5.74) is 1.10. The minimum atomic E-state index is 0.835. The Morgan fingerprint density at radius 3 is 2.92 bits per heavy atom. The molecule has 0 saturated carbocycles. The molecule has 2 rings (SSSR count). The maximum absolute atomic E-state index is 4.33. The van der Waals surface area contributed by atoms with Crippen molar-refractivity contribution in [1.29, 1.82) is 0 Å². The van der Waals surface area contributed by atoms with Crippen molar-refractivity contribution in [1.82, 2.24) is 4.98 Å². The number of hydrogen-bond donors (Lipinski definition) is 0. The number of fused-ring (bicyclic) bond motifs is 1. The smallest absolute Gasteiger partial charge is 0.0519 e. The second kappa shape index (κ2) is 3.40. The largest absolute Gasteiger partial charge is 0.260 e. The summed E-state index contributed by atoms with van der Waals surface area (Å²) in [6.45, 7) is 3.72. The van der Waals surface area contributed by atoms with Crippen molar-refractivity contribution in [2.24, 2.45) is 0 Å². The molecular weight excluding hydrogens is 158 g/mol. The number of aromatic nitrogens is 1. The highest BCUT2D eigenvalue weighted by Crippen LogP contribution is 2.16. The van der Waals surface area contributed by atoms with Gasteiger partial charge in [-0.3, -0.25) is 4.98 Å². The van der Waals surface area contributed by atoms with Crippen LogP contribution < -0.4 is 0 Å². The van der Waals surface area contributed by atoms with Gasteiger partial charge in [0.15, 0.2) is 0 Å². The zero-order chi connectivity index (χ0) is 9.10. The molecule has 0 amide bonds. The molecule has 0 aliphatic carbocycles. The molecule has 0 aliphatic rings. The number of hydrogen-bond acceptors (Lipinski definition) is 1. The molecule has 0 spiro atoms. The summed E-state index contributed by atoms with van der Waals surface area (Å²) in [6, 6.07) is 10.3. The van der Waals surface area contributed by atoms with Crippen LogP contribution in [0.4, 0.5) is 0 Å². The fourth-order valence-corrected chi connectivity index (χ4v) is 1.48. The van der Waals surface area contributed by atoms with E-state index in [2.05, 4.69) is 23.7 Å². The molecule has 1 nitrogen and oxygen atoms in total. The molecule has 13 heavy (non-hydrogen) atoms. The van der Waals surface area contributed by atoms with Crippen molar-refractivity contribution in [3.63, 3.8) is 0 Å². The summed E-state index contributed by atoms with van der Waals surface area (Å²) in [6.07, 6.45) is 4.57. The molecular formula is C12H11N. The molecule has 1 aromatic carbocycles. The van der Waals surface area contributed by atoms with Gasteiger partial charge in [-0.25, -0.2) is 0 Å². The van der Waals surface area contributed by atoms with Crippen LogP contribution >= 0.6 is 0 Å². The van der Waals surface area contributed by atoms with Gasteiger partial charge in [0.1, 0.15) is 0 Å². The average Bonchev–Trinajstić information content (AvgIpc) is 2.19. The molecule has 1 heterocycles. The van der Waals surface area contributed by atoms with Gasteiger partial charge in [0, 0.05) is 18.0 Å². The highest BCUT2D eigenvalue weighted by molar-refractivity contribution is 5.84. The number of nitrogens with zero attached hydrogens (tertiary/aromatic N) is 1. The van der Waals surface area contributed by atoms with Crippen molar-refractivity contribution in [2.45, 2.75) is 6.42 Å². The van der Waals surface area contributed by atoms with Gasteiger partial charge in [0.25, 0.3) is 0 Å². The third-order valence-electron chi connectivity index (χ3n) is 2.09. The monoisotopic (exact) mass is 169 g/mol. The van der Waals surface area contributed by atoms with Crippen LogP contribution in [0.5, 0.6) is 0 Å². The van der Waals surface area contributed by atoms with Crippen LogP contribution in [0.25, 0.3) is 10.8 Å². The molecule has 0 saturated heterocycles. The Labute approximate surface area is 77.7 Å². The van der Waals surface area contributed by atoms with E-state index >= 15 is 0 Å². The first kappa shape index (κ1) is 7.99. The van der Waals surface area contributed by atoms with Gasteiger partial charge in [-0.15, -0.1) is 6.58 Å². The zero-order valence-corrected chi connectivity index (χ0v) is 7.40. The minimum Gasteiger partial charge on any atom is -0.260 e. The van der Waals surface area contributed by atoms with Gasteiger partial charge >= 0.3 is 0 Å². The first-order valence-corrected chi connectivity index (χ1v) is 4.35. The number of allylic oxidation sites excluding steroid dienone is 1. The quantitative estimate of drug-likeness (QED) is 0.630. The van der Waals surface area contributed by atoms with Crippen molar-refractivity contribution in [3.8, 4) is 0 Å². The van der Waals surface area contributed by atoms with Gasteiger partial charge in [-0.05, 0) is 11.5 Å². The zero-order valence-electron chi connectivity index (χ0n) is 7.40. The lowest BCUT2D eigenvalue weighted by Crippen LogP contribution is -1.88. The lowest BCUT2D eigenvalue weighted by atomic mass is 10.1. The Balaban J connectivity index is 2.68.